The van der Waals surface area contributed by atoms with Crippen LogP contribution in [0.25, 0.3) is 5.57 Å². The molecule has 0 saturated heterocycles. The lowest BCUT2D eigenvalue weighted by Crippen LogP contribution is -2.32. The maximum atomic E-state index is 13.4. The number of imide groups is 1. The van der Waals surface area contributed by atoms with Crippen LogP contribution in [0.5, 0.6) is 5.75 Å². The molecule has 0 radical (unpaired) electrons. The van der Waals surface area contributed by atoms with Gasteiger partial charge < -0.3 is 10.1 Å². The third-order valence-electron chi connectivity index (χ3n) is 5.09. The van der Waals surface area contributed by atoms with Crippen molar-refractivity contribution in [3.05, 3.63) is 100 Å². The first-order valence-corrected chi connectivity index (χ1v) is 10.2. The SMILES string of the molecule is COc1ccc(C2=C(Nc3cccc(C)c3)C(=O)N(Cc3ccc(Cl)cc3)C2=O)cc1. The molecule has 0 fully saturated rings. The molecule has 0 unspecified atom stereocenters. The Hall–Kier alpha value is -3.57. The second-order valence-electron chi connectivity index (χ2n) is 7.30. The Morgan fingerprint density at radius 2 is 1.65 bits per heavy atom. The molecule has 1 aliphatic heterocycles. The van der Waals surface area contributed by atoms with Gasteiger partial charge in [0.25, 0.3) is 11.8 Å². The number of anilines is 1. The molecule has 1 aliphatic rings. The summed E-state index contributed by atoms with van der Waals surface area (Å²) in [5.41, 5.74) is 3.85. The molecule has 4 rings (SSSR count). The number of nitrogens with zero attached hydrogens (tertiary/aromatic N) is 1. The molecule has 0 bridgehead atoms. The molecule has 3 aromatic carbocycles. The van der Waals surface area contributed by atoms with Gasteiger partial charge in [-0.25, -0.2) is 0 Å². The summed E-state index contributed by atoms with van der Waals surface area (Å²) in [6, 6.07) is 21.9. The largest absolute Gasteiger partial charge is 0.497 e. The average molecular weight is 433 g/mol. The fourth-order valence-corrected chi connectivity index (χ4v) is 3.63. The van der Waals surface area contributed by atoms with Crippen LogP contribution in [0.3, 0.4) is 0 Å². The van der Waals surface area contributed by atoms with Crippen LogP contribution in [0.1, 0.15) is 16.7 Å². The third kappa shape index (κ3) is 4.32. The predicted molar refractivity (Wildman–Crippen MR) is 122 cm³/mol. The highest BCUT2D eigenvalue weighted by molar-refractivity contribution is 6.36. The quantitative estimate of drug-likeness (QED) is 0.554. The van der Waals surface area contributed by atoms with Gasteiger partial charge in [0.1, 0.15) is 11.4 Å². The Balaban J connectivity index is 1.73. The molecule has 5 nitrogen and oxygen atoms in total. The fourth-order valence-electron chi connectivity index (χ4n) is 3.50. The molecular weight excluding hydrogens is 412 g/mol. The number of ether oxygens (including phenoxy) is 1. The Morgan fingerprint density at radius 3 is 2.29 bits per heavy atom. The van der Waals surface area contributed by atoms with E-state index in [4.69, 9.17) is 16.3 Å². The van der Waals surface area contributed by atoms with Crippen LogP contribution < -0.4 is 10.1 Å². The molecule has 2 amide bonds. The second-order valence-corrected chi connectivity index (χ2v) is 7.73. The fraction of sp³-hybridized carbons (Fsp3) is 0.120. The van der Waals surface area contributed by atoms with E-state index in [0.29, 0.717) is 21.9 Å². The van der Waals surface area contributed by atoms with E-state index in [1.54, 1.807) is 43.5 Å². The average Bonchev–Trinajstić information content (AvgIpc) is 2.99. The van der Waals surface area contributed by atoms with Gasteiger partial charge in [-0.3, -0.25) is 14.5 Å². The first-order valence-electron chi connectivity index (χ1n) is 9.79. The zero-order chi connectivity index (χ0) is 22.0. The number of carbonyl (C=O) groups is 2. The highest BCUT2D eigenvalue weighted by Crippen LogP contribution is 2.32. The first-order chi connectivity index (χ1) is 15.0. The number of halogens is 1. The van der Waals surface area contributed by atoms with E-state index in [-0.39, 0.29) is 24.1 Å². The standard InChI is InChI=1S/C25H21ClN2O3/c1-16-4-3-5-20(14-16)27-23-22(18-8-12-21(31-2)13-9-18)24(29)28(25(23)30)15-17-6-10-19(26)11-7-17/h3-14,27H,15H2,1-2H3. The molecule has 0 atom stereocenters. The molecular formula is C25H21ClN2O3. The van der Waals surface area contributed by atoms with Crippen molar-refractivity contribution >= 4 is 34.7 Å². The molecule has 0 aromatic heterocycles. The number of aryl methyl sites for hydroxylation is 1. The van der Waals surface area contributed by atoms with Crippen LogP contribution in [0.4, 0.5) is 5.69 Å². The number of carbonyl (C=O) groups excluding carboxylic acids is 2. The lowest BCUT2D eigenvalue weighted by molar-refractivity contribution is -0.137. The first kappa shape index (κ1) is 20.7. The van der Waals surface area contributed by atoms with Crippen molar-refractivity contribution in [3.8, 4) is 5.75 Å². The molecule has 3 aromatic rings. The summed E-state index contributed by atoms with van der Waals surface area (Å²) in [6.45, 7) is 2.13. The molecule has 0 spiro atoms. The summed E-state index contributed by atoms with van der Waals surface area (Å²) in [4.78, 5) is 27.9. The van der Waals surface area contributed by atoms with Gasteiger partial charge in [0.2, 0.25) is 0 Å². The van der Waals surface area contributed by atoms with Crippen LogP contribution >= 0.6 is 11.6 Å². The Morgan fingerprint density at radius 1 is 0.935 bits per heavy atom. The summed E-state index contributed by atoms with van der Waals surface area (Å²) in [7, 11) is 1.58. The molecule has 1 heterocycles. The number of amides is 2. The van der Waals surface area contributed by atoms with E-state index in [9.17, 15) is 9.59 Å². The van der Waals surface area contributed by atoms with Crippen LogP contribution in [-0.4, -0.2) is 23.8 Å². The molecule has 6 heteroatoms. The summed E-state index contributed by atoms with van der Waals surface area (Å²) < 4.78 is 5.22. The predicted octanol–water partition coefficient (Wildman–Crippen LogP) is 5.05. The lowest BCUT2D eigenvalue weighted by Gasteiger charge is -2.15. The third-order valence-corrected chi connectivity index (χ3v) is 5.34. The van der Waals surface area contributed by atoms with Gasteiger partial charge >= 0.3 is 0 Å². The number of benzene rings is 3. The molecule has 31 heavy (non-hydrogen) atoms. The van der Waals surface area contributed by atoms with Gasteiger partial charge in [0, 0.05) is 10.7 Å². The normalized spacial score (nSPS) is 13.7. The minimum atomic E-state index is -0.368. The van der Waals surface area contributed by atoms with E-state index in [1.165, 1.54) is 4.90 Å². The number of methoxy groups -OCH3 is 1. The van der Waals surface area contributed by atoms with Gasteiger partial charge in [-0.1, -0.05) is 48.0 Å². The van der Waals surface area contributed by atoms with Crippen molar-refractivity contribution in [1.29, 1.82) is 0 Å². The molecule has 0 saturated carbocycles. The van der Waals surface area contributed by atoms with Crippen molar-refractivity contribution in [1.82, 2.24) is 4.90 Å². The maximum Gasteiger partial charge on any atom is 0.278 e. The summed E-state index contributed by atoms with van der Waals surface area (Å²) in [5, 5.41) is 3.78. The van der Waals surface area contributed by atoms with E-state index in [2.05, 4.69) is 5.32 Å². The highest BCUT2D eigenvalue weighted by Gasteiger charge is 2.39. The van der Waals surface area contributed by atoms with Gasteiger partial charge in [0.15, 0.2) is 0 Å². The van der Waals surface area contributed by atoms with Gasteiger partial charge in [0.05, 0.1) is 19.2 Å². The van der Waals surface area contributed by atoms with E-state index in [0.717, 1.165) is 16.8 Å². The zero-order valence-electron chi connectivity index (χ0n) is 17.2. The maximum absolute atomic E-state index is 13.4. The van der Waals surface area contributed by atoms with Crippen LogP contribution in [-0.2, 0) is 16.1 Å². The van der Waals surface area contributed by atoms with Crippen molar-refractivity contribution < 1.29 is 14.3 Å². The number of rotatable bonds is 6. The van der Waals surface area contributed by atoms with Crippen molar-refractivity contribution in [3.63, 3.8) is 0 Å². The van der Waals surface area contributed by atoms with E-state index in [1.807, 2.05) is 43.3 Å². The summed E-state index contributed by atoms with van der Waals surface area (Å²) in [6.07, 6.45) is 0. The lowest BCUT2D eigenvalue weighted by atomic mass is 10.0. The van der Waals surface area contributed by atoms with Gasteiger partial charge in [-0.15, -0.1) is 0 Å². The van der Waals surface area contributed by atoms with Crippen molar-refractivity contribution in [2.45, 2.75) is 13.5 Å². The smallest absolute Gasteiger partial charge is 0.278 e. The summed E-state index contributed by atoms with van der Waals surface area (Å²) in [5.74, 6) is -0.0418. The minimum Gasteiger partial charge on any atom is -0.497 e. The Kier molecular flexibility index (Phi) is 5.78. The molecule has 1 N–H and O–H groups in total. The Labute approximate surface area is 185 Å². The van der Waals surface area contributed by atoms with Crippen LogP contribution in [0, 0.1) is 6.92 Å². The second kappa shape index (κ2) is 8.66. The van der Waals surface area contributed by atoms with Gasteiger partial charge in [-0.05, 0) is 60.0 Å². The van der Waals surface area contributed by atoms with Crippen molar-refractivity contribution in [2.75, 3.05) is 12.4 Å². The van der Waals surface area contributed by atoms with E-state index >= 15 is 0 Å². The zero-order valence-corrected chi connectivity index (χ0v) is 17.9. The number of nitrogens with one attached hydrogen (secondary N) is 1. The monoisotopic (exact) mass is 432 g/mol. The number of hydrogen-bond acceptors (Lipinski definition) is 4. The minimum absolute atomic E-state index is 0.160. The topological polar surface area (TPSA) is 58.6 Å². The number of hydrogen-bond donors (Lipinski definition) is 1. The Bertz CT molecular complexity index is 1170. The van der Waals surface area contributed by atoms with E-state index < -0.39 is 0 Å². The van der Waals surface area contributed by atoms with Crippen molar-refractivity contribution in [2.24, 2.45) is 0 Å². The van der Waals surface area contributed by atoms with Crippen LogP contribution in [0.2, 0.25) is 5.02 Å². The summed E-state index contributed by atoms with van der Waals surface area (Å²) >= 11 is 5.96. The van der Waals surface area contributed by atoms with Gasteiger partial charge in [-0.2, -0.15) is 0 Å². The highest BCUT2D eigenvalue weighted by atomic mass is 35.5. The molecule has 0 aliphatic carbocycles. The molecule has 156 valence electrons. The van der Waals surface area contributed by atoms with Crippen LogP contribution in [0.15, 0.2) is 78.5 Å².